The Bertz CT molecular complexity index is 462. The van der Waals surface area contributed by atoms with Crippen LogP contribution in [0.1, 0.15) is 19.5 Å². The molecule has 2 rings (SSSR count). The topological polar surface area (TPSA) is 55.1 Å². The number of nitrogens with one attached hydrogen (secondary N) is 1. The Labute approximate surface area is 94.9 Å². The second kappa shape index (κ2) is 4.57. The minimum Gasteiger partial charge on any atom is -0.316 e. The smallest absolute Gasteiger partial charge is 0.182 e. The van der Waals surface area contributed by atoms with E-state index in [1.54, 1.807) is 12.5 Å². The number of nitrogens with zero attached hydrogens (tertiary/aromatic N) is 4. The Balaban J connectivity index is 2.29. The van der Waals surface area contributed by atoms with Crippen molar-refractivity contribution in [3.05, 3.63) is 24.4 Å². The van der Waals surface area contributed by atoms with Gasteiger partial charge in [-0.15, -0.1) is 10.2 Å². The summed E-state index contributed by atoms with van der Waals surface area (Å²) in [5, 5.41) is 11.3. The molecule has 0 bridgehead atoms. The number of aromatic nitrogens is 4. The third-order valence-electron chi connectivity index (χ3n) is 2.88. The molecular formula is C11H17N5. The number of rotatable bonds is 4. The zero-order valence-corrected chi connectivity index (χ0v) is 9.88. The summed E-state index contributed by atoms with van der Waals surface area (Å²) in [5.74, 6) is 0.565. The highest BCUT2D eigenvalue weighted by Gasteiger charge is 2.15. The fourth-order valence-corrected chi connectivity index (χ4v) is 1.83. The van der Waals surface area contributed by atoms with Gasteiger partial charge in [-0.25, -0.2) is 0 Å². The molecule has 2 aromatic rings. The highest BCUT2D eigenvalue weighted by molar-refractivity contribution is 5.42. The molecule has 0 aliphatic heterocycles. The van der Waals surface area contributed by atoms with E-state index < -0.39 is 0 Å². The summed E-state index contributed by atoms with van der Waals surface area (Å²) < 4.78 is 1.90. The first-order valence-corrected chi connectivity index (χ1v) is 5.53. The first kappa shape index (κ1) is 11.0. The van der Waals surface area contributed by atoms with E-state index in [2.05, 4.69) is 34.3 Å². The lowest BCUT2D eigenvalue weighted by atomic mass is 9.99. The maximum absolute atomic E-state index is 4.39. The van der Waals surface area contributed by atoms with Crippen LogP contribution in [0, 0.1) is 5.92 Å². The van der Waals surface area contributed by atoms with Crippen LogP contribution in [0.3, 0.4) is 0 Å². The van der Waals surface area contributed by atoms with Crippen LogP contribution in [0.15, 0.2) is 18.7 Å². The van der Waals surface area contributed by atoms with E-state index in [0.29, 0.717) is 12.0 Å². The van der Waals surface area contributed by atoms with Gasteiger partial charge >= 0.3 is 0 Å². The molecule has 0 aliphatic carbocycles. The third kappa shape index (κ3) is 2.04. The standard InChI is InChI=1S/C11H17N5/c1-8(2)9(12-3)6-10-11-15-14-7-16(11)5-4-13-10/h4-5,7-9,12H,6H2,1-3H3. The SMILES string of the molecule is CNC(Cc1nccn2cnnc12)C(C)C. The van der Waals surface area contributed by atoms with Crippen molar-refractivity contribution >= 4 is 5.65 Å². The average molecular weight is 219 g/mol. The zero-order valence-electron chi connectivity index (χ0n) is 9.88. The van der Waals surface area contributed by atoms with Gasteiger partial charge in [-0.1, -0.05) is 13.8 Å². The molecule has 0 amide bonds. The Morgan fingerprint density at radius 1 is 1.44 bits per heavy atom. The Hall–Kier alpha value is -1.49. The molecule has 2 aromatic heterocycles. The number of likely N-dealkylation sites (N-methyl/N-ethyl adjacent to an activating group) is 1. The van der Waals surface area contributed by atoms with Crippen molar-refractivity contribution in [3.8, 4) is 0 Å². The molecule has 16 heavy (non-hydrogen) atoms. The predicted octanol–water partition coefficient (Wildman–Crippen LogP) is 0.911. The van der Waals surface area contributed by atoms with Crippen LogP contribution in [-0.2, 0) is 6.42 Å². The molecule has 1 N–H and O–H groups in total. The largest absolute Gasteiger partial charge is 0.316 e. The summed E-state index contributed by atoms with van der Waals surface area (Å²) in [4.78, 5) is 4.39. The summed E-state index contributed by atoms with van der Waals surface area (Å²) in [6.07, 6.45) is 6.22. The molecule has 5 heteroatoms. The summed E-state index contributed by atoms with van der Waals surface area (Å²) in [6, 6.07) is 0.412. The average Bonchev–Trinajstić information content (AvgIpc) is 2.73. The lowest BCUT2D eigenvalue weighted by Crippen LogP contribution is -2.33. The highest BCUT2D eigenvalue weighted by atomic mass is 15.2. The van der Waals surface area contributed by atoms with Crippen LogP contribution in [0.4, 0.5) is 0 Å². The molecule has 5 nitrogen and oxygen atoms in total. The van der Waals surface area contributed by atoms with Crippen molar-refractivity contribution in [2.75, 3.05) is 7.05 Å². The van der Waals surface area contributed by atoms with Crippen molar-refractivity contribution < 1.29 is 0 Å². The van der Waals surface area contributed by atoms with Gasteiger partial charge in [-0.3, -0.25) is 9.38 Å². The minimum absolute atomic E-state index is 0.412. The van der Waals surface area contributed by atoms with E-state index in [1.807, 2.05) is 17.6 Å². The van der Waals surface area contributed by atoms with Gasteiger partial charge in [0.2, 0.25) is 0 Å². The third-order valence-corrected chi connectivity index (χ3v) is 2.88. The lowest BCUT2D eigenvalue weighted by molar-refractivity contribution is 0.422. The summed E-state index contributed by atoms with van der Waals surface area (Å²) in [6.45, 7) is 4.40. The maximum Gasteiger partial charge on any atom is 0.182 e. The first-order chi connectivity index (χ1) is 7.72. The van der Waals surface area contributed by atoms with Gasteiger partial charge < -0.3 is 5.32 Å². The Morgan fingerprint density at radius 2 is 2.25 bits per heavy atom. The summed E-state index contributed by atoms with van der Waals surface area (Å²) in [7, 11) is 1.98. The monoisotopic (exact) mass is 219 g/mol. The van der Waals surface area contributed by atoms with E-state index in [9.17, 15) is 0 Å². The number of hydrogen-bond acceptors (Lipinski definition) is 4. The summed E-state index contributed by atoms with van der Waals surface area (Å²) in [5.41, 5.74) is 1.84. The second-order valence-corrected chi connectivity index (χ2v) is 4.28. The lowest BCUT2D eigenvalue weighted by Gasteiger charge is -2.19. The van der Waals surface area contributed by atoms with E-state index >= 15 is 0 Å². The van der Waals surface area contributed by atoms with E-state index in [0.717, 1.165) is 17.8 Å². The number of fused-ring (bicyclic) bond motifs is 1. The van der Waals surface area contributed by atoms with E-state index in [4.69, 9.17) is 0 Å². The van der Waals surface area contributed by atoms with Crippen LogP contribution in [0.2, 0.25) is 0 Å². The van der Waals surface area contributed by atoms with Gasteiger partial charge in [0.05, 0.1) is 5.69 Å². The molecule has 86 valence electrons. The van der Waals surface area contributed by atoms with Crippen molar-refractivity contribution in [1.29, 1.82) is 0 Å². The summed E-state index contributed by atoms with van der Waals surface area (Å²) >= 11 is 0. The van der Waals surface area contributed by atoms with Gasteiger partial charge in [0.25, 0.3) is 0 Å². The maximum atomic E-state index is 4.39. The Kier molecular flexibility index (Phi) is 3.14. The minimum atomic E-state index is 0.412. The molecule has 0 aliphatic rings. The quantitative estimate of drug-likeness (QED) is 0.830. The molecule has 0 radical (unpaired) electrons. The molecule has 0 saturated heterocycles. The van der Waals surface area contributed by atoms with E-state index in [1.165, 1.54) is 0 Å². The predicted molar refractivity (Wildman–Crippen MR) is 62.2 cm³/mol. The van der Waals surface area contributed by atoms with E-state index in [-0.39, 0.29) is 0 Å². The highest BCUT2D eigenvalue weighted by Crippen LogP contribution is 2.11. The molecule has 0 saturated carbocycles. The molecule has 2 heterocycles. The molecule has 1 unspecified atom stereocenters. The zero-order chi connectivity index (χ0) is 11.5. The molecule has 0 fully saturated rings. The van der Waals surface area contributed by atoms with Gasteiger partial charge in [-0.2, -0.15) is 0 Å². The van der Waals surface area contributed by atoms with Gasteiger partial charge in [0.1, 0.15) is 6.33 Å². The van der Waals surface area contributed by atoms with Crippen LogP contribution >= 0.6 is 0 Å². The molecule has 0 aromatic carbocycles. The van der Waals surface area contributed by atoms with Crippen LogP contribution in [-0.4, -0.2) is 32.7 Å². The molecule has 1 atom stereocenters. The normalized spacial score (nSPS) is 13.5. The Morgan fingerprint density at radius 3 is 2.94 bits per heavy atom. The molecular weight excluding hydrogens is 202 g/mol. The van der Waals surface area contributed by atoms with Crippen molar-refractivity contribution in [1.82, 2.24) is 24.9 Å². The first-order valence-electron chi connectivity index (χ1n) is 5.53. The van der Waals surface area contributed by atoms with Crippen molar-refractivity contribution in [3.63, 3.8) is 0 Å². The second-order valence-electron chi connectivity index (χ2n) is 4.28. The van der Waals surface area contributed by atoms with Crippen molar-refractivity contribution in [2.24, 2.45) is 5.92 Å². The van der Waals surface area contributed by atoms with Gasteiger partial charge in [0.15, 0.2) is 5.65 Å². The van der Waals surface area contributed by atoms with Crippen LogP contribution in [0.25, 0.3) is 5.65 Å². The van der Waals surface area contributed by atoms with Gasteiger partial charge in [0, 0.05) is 24.9 Å². The van der Waals surface area contributed by atoms with Crippen LogP contribution < -0.4 is 5.32 Å². The number of hydrogen-bond donors (Lipinski definition) is 1. The van der Waals surface area contributed by atoms with Crippen LogP contribution in [0.5, 0.6) is 0 Å². The fraction of sp³-hybridized carbons (Fsp3) is 0.545. The fourth-order valence-electron chi connectivity index (χ4n) is 1.83. The van der Waals surface area contributed by atoms with Crippen molar-refractivity contribution in [2.45, 2.75) is 26.3 Å². The van der Waals surface area contributed by atoms with Gasteiger partial charge in [-0.05, 0) is 13.0 Å². The molecule has 0 spiro atoms.